The molecule has 0 fully saturated rings. The molecule has 114 valence electrons. The van der Waals surface area contributed by atoms with Crippen LogP contribution >= 0.6 is 0 Å². The van der Waals surface area contributed by atoms with Gasteiger partial charge in [-0.15, -0.1) is 0 Å². The molecule has 0 saturated heterocycles. The monoisotopic (exact) mass is 300 g/mol. The fourth-order valence-corrected chi connectivity index (χ4v) is 1.85. The van der Waals surface area contributed by atoms with Gasteiger partial charge in [0.05, 0.1) is 6.33 Å². The lowest BCUT2D eigenvalue weighted by molar-refractivity contribution is -0.116. The third kappa shape index (κ3) is 3.78. The van der Waals surface area contributed by atoms with E-state index >= 15 is 0 Å². The van der Waals surface area contributed by atoms with Crippen LogP contribution in [-0.2, 0) is 17.8 Å². The molecule has 0 aliphatic rings. The van der Waals surface area contributed by atoms with Crippen molar-refractivity contribution in [2.75, 3.05) is 5.32 Å². The highest BCUT2D eigenvalue weighted by Crippen LogP contribution is 2.09. The molecule has 0 aliphatic heterocycles. The molecule has 2 amide bonds. The van der Waals surface area contributed by atoms with Crippen molar-refractivity contribution >= 4 is 17.5 Å². The Bertz CT molecular complexity index is 750. The molecule has 7 heteroatoms. The maximum absolute atomic E-state index is 11.9. The van der Waals surface area contributed by atoms with Crippen molar-refractivity contribution in [1.29, 1.82) is 0 Å². The molecular formula is C15H16N4O3. The topological polar surface area (TPSA) is 107 Å². The number of nitrogens with zero attached hydrogens (tertiary/aromatic N) is 2. The quantitative estimate of drug-likeness (QED) is 0.840. The highest BCUT2D eigenvalue weighted by Gasteiger charge is 2.07. The number of anilines is 1. The highest BCUT2D eigenvalue weighted by molar-refractivity contribution is 5.94. The van der Waals surface area contributed by atoms with Gasteiger partial charge in [-0.25, -0.2) is 4.98 Å². The number of amides is 2. The van der Waals surface area contributed by atoms with Gasteiger partial charge in [0.15, 0.2) is 0 Å². The van der Waals surface area contributed by atoms with E-state index in [9.17, 15) is 14.4 Å². The van der Waals surface area contributed by atoms with Crippen LogP contribution < -0.4 is 16.6 Å². The van der Waals surface area contributed by atoms with E-state index in [1.165, 1.54) is 29.1 Å². The summed E-state index contributed by atoms with van der Waals surface area (Å²) in [5.41, 5.74) is 6.42. The van der Waals surface area contributed by atoms with Crippen molar-refractivity contribution < 1.29 is 9.59 Å². The van der Waals surface area contributed by atoms with Gasteiger partial charge >= 0.3 is 0 Å². The molecule has 0 radical (unpaired) electrons. The minimum absolute atomic E-state index is 0.132. The van der Waals surface area contributed by atoms with E-state index in [1.54, 1.807) is 12.1 Å². The van der Waals surface area contributed by atoms with Crippen molar-refractivity contribution in [2.45, 2.75) is 19.9 Å². The van der Waals surface area contributed by atoms with Crippen LogP contribution in [0.2, 0.25) is 0 Å². The Balaban J connectivity index is 2.04. The largest absolute Gasteiger partial charge is 0.366 e. The molecular weight excluding hydrogens is 284 g/mol. The third-order valence-electron chi connectivity index (χ3n) is 3.07. The van der Waals surface area contributed by atoms with Gasteiger partial charge in [-0.2, -0.15) is 0 Å². The summed E-state index contributed by atoms with van der Waals surface area (Å²) < 4.78 is 1.23. The van der Waals surface area contributed by atoms with Gasteiger partial charge < -0.3 is 11.1 Å². The van der Waals surface area contributed by atoms with Gasteiger partial charge in [-0.1, -0.05) is 6.92 Å². The van der Waals surface area contributed by atoms with E-state index in [1.807, 2.05) is 6.92 Å². The predicted molar refractivity (Wildman–Crippen MR) is 81.5 cm³/mol. The van der Waals surface area contributed by atoms with Gasteiger partial charge in [0.25, 0.3) is 5.56 Å². The summed E-state index contributed by atoms with van der Waals surface area (Å²) in [5, 5.41) is 2.63. The minimum Gasteiger partial charge on any atom is -0.366 e. The highest BCUT2D eigenvalue weighted by atomic mass is 16.2. The van der Waals surface area contributed by atoms with E-state index in [-0.39, 0.29) is 18.0 Å². The average molecular weight is 300 g/mol. The van der Waals surface area contributed by atoms with Crippen molar-refractivity contribution in [3.63, 3.8) is 0 Å². The second-order valence-corrected chi connectivity index (χ2v) is 4.69. The number of rotatable bonds is 5. The predicted octanol–water partition coefficient (Wildman–Crippen LogP) is 0.543. The third-order valence-corrected chi connectivity index (χ3v) is 3.07. The summed E-state index contributed by atoms with van der Waals surface area (Å²) in [5.74, 6) is -0.897. The van der Waals surface area contributed by atoms with Gasteiger partial charge in [0.1, 0.15) is 6.54 Å². The molecule has 0 spiro atoms. The number of nitrogens with two attached hydrogens (primary N) is 1. The van der Waals surface area contributed by atoms with Crippen LogP contribution in [0.5, 0.6) is 0 Å². The molecule has 0 aliphatic carbocycles. The normalized spacial score (nSPS) is 10.2. The summed E-state index contributed by atoms with van der Waals surface area (Å²) in [6.45, 7) is 1.77. The number of hydrogen-bond acceptors (Lipinski definition) is 4. The fourth-order valence-electron chi connectivity index (χ4n) is 1.85. The van der Waals surface area contributed by atoms with E-state index in [4.69, 9.17) is 5.73 Å². The van der Waals surface area contributed by atoms with Crippen LogP contribution in [-0.4, -0.2) is 21.4 Å². The first-order valence-electron chi connectivity index (χ1n) is 6.74. The summed E-state index contributed by atoms with van der Waals surface area (Å²) >= 11 is 0. The van der Waals surface area contributed by atoms with Gasteiger partial charge in [-0.05, 0) is 30.7 Å². The lowest BCUT2D eigenvalue weighted by Gasteiger charge is -2.08. The van der Waals surface area contributed by atoms with Crippen LogP contribution in [0, 0.1) is 0 Å². The fraction of sp³-hybridized carbons (Fsp3) is 0.200. The van der Waals surface area contributed by atoms with Crippen LogP contribution in [0.15, 0.2) is 41.5 Å². The van der Waals surface area contributed by atoms with Gasteiger partial charge in [0, 0.05) is 23.0 Å². The molecule has 1 heterocycles. The Morgan fingerprint density at radius 3 is 2.50 bits per heavy atom. The van der Waals surface area contributed by atoms with Crippen LogP contribution in [0.1, 0.15) is 23.0 Å². The summed E-state index contributed by atoms with van der Waals surface area (Å²) in [4.78, 5) is 38.8. The zero-order chi connectivity index (χ0) is 16.1. The smallest absolute Gasteiger partial charge is 0.253 e. The zero-order valence-electron chi connectivity index (χ0n) is 12.1. The lowest BCUT2D eigenvalue weighted by atomic mass is 10.2. The number of primary amides is 1. The average Bonchev–Trinajstić information content (AvgIpc) is 2.49. The number of aryl methyl sites for hydroxylation is 1. The molecule has 0 unspecified atom stereocenters. The van der Waals surface area contributed by atoms with E-state index in [0.717, 1.165) is 0 Å². The maximum Gasteiger partial charge on any atom is 0.253 e. The molecule has 7 nitrogen and oxygen atoms in total. The number of benzene rings is 1. The Morgan fingerprint density at radius 2 is 1.95 bits per heavy atom. The molecule has 3 N–H and O–H groups in total. The Hall–Kier alpha value is -2.96. The minimum atomic E-state index is -0.536. The first-order chi connectivity index (χ1) is 10.5. The Morgan fingerprint density at radius 1 is 1.27 bits per heavy atom. The van der Waals surface area contributed by atoms with Gasteiger partial charge in [-0.3, -0.25) is 19.0 Å². The number of nitrogens with one attached hydrogen (secondary N) is 1. The zero-order valence-corrected chi connectivity index (χ0v) is 12.1. The second kappa shape index (κ2) is 6.66. The summed E-state index contributed by atoms with van der Waals surface area (Å²) in [6.07, 6.45) is 2.02. The molecule has 0 saturated carbocycles. The molecule has 0 atom stereocenters. The van der Waals surface area contributed by atoms with E-state index in [2.05, 4.69) is 10.3 Å². The van der Waals surface area contributed by atoms with E-state index < -0.39 is 5.91 Å². The van der Waals surface area contributed by atoms with Crippen molar-refractivity contribution in [3.8, 4) is 0 Å². The number of carbonyl (C=O) groups excluding carboxylic acids is 2. The standard InChI is InChI=1S/C15H16N4O3/c1-2-11-7-14(21)19(9-17-11)8-13(20)18-12-5-3-10(4-6-12)15(16)22/h3-7,9H,2,8H2,1H3,(H2,16,22)(H,18,20). The Labute approximate surface area is 126 Å². The molecule has 1 aromatic carbocycles. The first kappa shape index (κ1) is 15.4. The number of hydrogen-bond donors (Lipinski definition) is 2. The van der Waals surface area contributed by atoms with Crippen molar-refractivity contribution in [1.82, 2.24) is 9.55 Å². The van der Waals surface area contributed by atoms with Crippen LogP contribution in [0.25, 0.3) is 0 Å². The number of aromatic nitrogens is 2. The molecule has 22 heavy (non-hydrogen) atoms. The summed E-state index contributed by atoms with van der Waals surface area (Å²) in [6, 6.07) is 7.58. The van der Waals surface area contributed by atoms with Crippen LogP contribution in [0.3, 0.4) is 0 Å². The van der Waals surface area contributed by atoms with Crippen molar-refractivity contribution in [2.24, 2.45) is 5.73 Å². The van der Waals surface area contributed by atoms with Crippen molar-refractivity contribution in [3.05, 3.63) is 58.3 Å². The molecule has 0 bridgehead atoms. The van der Waals surface area contributed by atoms with Crippen LogP contribution in [0.4, 0.5) is 5.69 Å². The first-order valence-corrected chi connectivity index (χ1v) is 6.74. The number of carbonyl (C=O) groups is 2. The van der Waals surface area contributed by atoms with Gasteiger partial charge in [0.2, 0.25) is 11.8 Å². The second-order valence-electron chi connectivity index (χ2n) is 4.69. The van der Waals surface area contributed by atoms with E-state index in [0.29, 0.717) is 23.4 Å². The maximum atomic E-state index is 11.9. The molecule has 1 aromatic heterocycles. The lowest BCUT2D eigenvalue weighted by Crippen LogP contribution is -2.27. The SMILES string of the molecule is CCc1cc(=O)n(CC(=O)Nc2ccc(C(N)=O)cc2)cn1. The molecule has 2 aromatic rings. The summed E-state index contributed by atoms with van der Waals surface area (Å²) in [7, 11) is 0. The molecule has 2 rings (SSSR count). The Kier molecular flexibility index (Phi) is 4.67.